The van der Waals surface area contributed by atoms with Gasteiger partial charge in [-0.1, -0.05) is 23.8 Å². The highest BCUT2D eigenvalue weighted by Crippen LogP contribution is 2.17. The summed E-state index contributed by atoms with van der Waals surface area (Å²) in [5.41, 5.74) is 5.27. The van der Waals surface area contributed by atoms with Crippen LogP contribution in [0.3, 0.4) is 0 Å². The predicted octanol–water partition coefficient (Wildman–Crippen LogP) is 3.29. The number of hydrogen-bond donors (Lipinski definition) is 2. The molecule has 21 heavy (non-hydrogen) atoms. The van der Waals surface area contributed by atoms with Crippen LogP contribution >= 0.6 is 0 Å². The first-order chi connectivity index (χ1) is 9.83. The minimum absolute atomic E-state index is 0.565. The zero-order valence-corrected chi connectivity index (χ0v) is 13.3. The molecule has 0 saturated heterocycles. The third kappa shape index (κ3) is 4.79. The molecule has 0 radical (unpaired) electrons. The van der Waals surface area contributed by atoms with E-state index in [9.17, 15) is 8.42 Å². The highest BCUT2D eigenvalue weighted by Gasteiger charge is 2.02. The maximum absolute atomic E-state index is 11.1. The maximum atomic E-state index is 11.1. The topological polar surface area (TPSA) is 58.2 Å². The Morgan fingerprint density at radius 3 is 2.19 bits per heavy atom. The summed E-state index contributed by atoms with van der Waals surface area (Å²) in [7, 11) is -3.23. The first-order valence-electron chi connectivity index (χ1n) is 6.71. The average Bonchev–Trinajstić information content (AvgIpc) is 2.40. The van der Waals surface area contributed by atoms with E-state index in [0.29, 0.717) is 5.69 Å². The lowest BCUT2D eigenvalue weighted by atomic mass is 10.1. The van der Waals surface area contributed by atoms with Gasteiger partial charge in [-0.15, -0.1) is 0 Å². The van der Waals surface area contributed by atoms with Crippen LogP contribution in [0.15, 0.2) is 42.5 Å². The molecule has 0 heterocycles. The van der Waals surface area contributed by atoms with Gasteiger partial charge in [0.1, 0.15) is 0 Å². The predicted molar refractivity (Wildman–Crippen MR) is 88.2 cm³/mol. The lowest BCUT2D eigenvalue weighted by Gasteiger charge is -2.11. The van der Waals surface area contributed by atoms with Crippen LogP contribution in [-0.4, -0.2) is 14.7 Å². The van der Waals surface area contributed by atoms with Crippen molar-refractivity contribution in [3.05, 3.63) is 59.2 Å². The van der Waals surface area contributed by atoms with Crippen molar-refractivity contribution in [1.82, 2.24) is 0 Å². The molecule has 0 amide bonds. The van der Waals surface area contributed by atoms with Crippen LogP contribution in [0.4, 0.5) is 11.4 Å². The first kappa shape index (κ1) is 15.4. The van der Waals surface area contributed by atoms with Gasteiger partial charge in [-0.05, 0) is 49.2 Å². The van der Waals surface area contributed by atoms with Gasteiger partial charge < -0.3 is 5.32 Å². The third-order valence-corrected chi connectivity index (χ3v) is 3.78. The van der Waals surface area contributed by atoms with E-state index in [1.165, 1.54) is 16.7 Å². The normalized spacial score (nSPS) is 11.2. The number of nitrogens with one attached hydrogen (secondary N) is 2. The van der Waals surface area contributed by atoms with Gasteiger partial charge in [-0.3, -0.25) is 4.72 Å². The summed E-state index contributed by atoms with van der Waals surface area (Å²) < 4.78 is 24.7. The van der Waals surface area contributed by atoms with Crippen molar-refractivity contribution in [2.45, 2.75) is 20.4 Å². The second kappa shape index (κ2) is 6.18. The Hall–Kier alpha value is -2.01. The molecule has 5 heteroatoms. The van der Waals surface area contributed by atoms with Gasteiger partial charge in [0, 0.05) is 17.9 Å². The van der Waals surface area contributed by atoms with Gasteiger partial charge in [0.05, 0.1) is 6.26 Å². The van der Waals surface area contributed by atoms with Gasteiger partial charge in [0.2, 0.25) is 10.0 Å². The van der Waals surface area contributed by atoms with E-state index >= 15 is 0 Å². The van der Waals surface area contributed by atoms with Gasteiger partial charge in [0.15, 0.2) is 0 Å². The second-order valence-electron chi connectivity index (χ2n) is 5.24. The van der Waals surface area contributed by atoms with E-state index in [2.05, 4.69) is 42.1 Å². The Labute approximate surface area is 126 Å². The quantitative estimate of drug-likeness (QED) is 0.891. The molecule has 2 aromatic carbocycles. The molecule has 4 nitrogen and oxygen atoms in total. The highest BCUT2D eigenvalue weighted by molar-refractivity contribution is 7.92. The number of anilines is 2. The standard InChI is InChI=1S/C16H20N2O2S/c1-12-4-5-13(2)14(10-12)11-17-15-6-8-16(9-7-15)18-21(3,19)20/h4-10,17-18H,11H2,1-3H3. The molecule has 0 fully saturated rings. The van der Waals surface area contributed by atoms with E-state index in [-0.39, 0.29) is 0 Å². The lowest BCUT2D eigenvalue weighted by Crippen LogP contribution is -2.09. The Morgan fingerprint density at radius 2 is 1.57 bits per heavy atom. The summed E-state index contributed by atoms with van der Waals surface area (Å²) in [4.78, 5) is 0. The monoisotopic (exact) mass is 304 g/mol. The summed E-state index contributed by atoms with van der Waals surface area (Å²) >= 11 is 0. The Balaban J connectivity index is 2.02. The van der Waals surface area contributed by atoms with Crippen LogP contribution in [-0.2, 0) is 16.6 Å². The molecular weight excluding hydrogens is 284 g/mol. The Bertz CT molecular complexity index is 722. The third-order valence-electron chi connectivity index (χ3n) is 3.18. The molecule has 2 aromatic rings. The second-order valence-corrected chi connectivity index (χ2v) is 6.98. The molecule has 2 rings (SSSR count). The van der Waals surface area contributed by atoms with Crippen LogP contribution in [0.5, 0.6) is 0 Å². The fourth-order valence-electron chi connectivity index (χ4n) is 2.06. The van der Waals surface area contributed by atoms with E-state index in [1.807, 2.05) is 12.1 Å². The summed E-state index contributed by atoms with van der Waals surface area (Å²) in [5, 5.41) is 3.34. The minimum atomic E-state index is -3.23. The van der Waals surface area contributed by atoms with Crippen LogP contribution in [0.25, 0.3) is 0 Å². The van der Waals surface area contributed by atoms with E-state index in [1.54, 1.807) is 12.1 Å². The molecule has 2 N–H and O–H groups in total. The molecule has 0 aliphatic carbocycles. The van der Waals surface area contributed by atoms with Crippen molar-refractivity contribution in [1.29, 1.82) is 0 Å². The summed E-state index contributed by atoms with van der Waals surface area (Å²) in [5.74, 6) is 0. The Morgan fingerprint density at radius 1 is 0.952 bits per heavy atom. The van der Waals surface area contributed by atoms with Crippen molar-refractivity contribution in [3.8, 4) is 0 Å². The highest BCUT2D eigenvalue weighted by atomic mass is 32.2. The summed E-state index contributed by atoms with van der Waals surface area (Å²) in [6.45, 7) is 4.91. The number of aryl methyl sites for hydroxylation is 2. The molecule has 0 unspecified atom stereocenters. The zero-order valence-electron chi connectivity index (χ0n) is 12.5. The zero-order chi connectivity index (χ0) is 15.5. The average molecular weight is 304 g/mol. The molecule has 0 aliphatic rings. The maximum Gasteiger partial charge on any atom is 0.229 e. The number of benzene rings is 2. The van der Waals surface area contributed by atoms with E-state index < -0.39 is 10.0 Å². The van der Waals surface area contributed by atoms with Crippen LogP contribution in [0.1, 0.15) is 16.7 Å². The van der Waals surface area contributed by atoms with Gasteiger partial charge >= 0.3 is 0 Å². The van der Waals surface area contributed by atoms with Crippen LogP contribution in [0.2, 0.25) is 0 Å². The molecule has 0 bridgehead atoms. The summed E-state index contributed by atoms with van der Waals surface area (Å²) in [6.07, 6.45) is 1.14. The van der Waals surface area contributed by atoms with Crippen molar-refractivity contribution in [2.24, 2.45) is 0 Å². The van der Waals surface area contributed by atoms with E-state index in [4.69, 9.17) is 0 Å². The van der Waals surface area contributed by atoms with Crippen molar-refractivity contribution in [2.75, 3.05) is 16.3 Å². The molecular formula is C16H20N2O2S. The van der Waals surface area contributed by atoms with Crippen LogP contribution < -0.4 is 10.0 Å². The number of hydrogen-bond acceptors (Lipinski definition) is 3. The molecule has 0 aromatic heterocycles. The molecule has 0 saturated carbocycles. The lowest BCUT2D eigenvalue weighted by molar-refractivity contribution is 0.607. The number of rotatable bonds is 5. The van der Waals surface area contributed by atoms with Crippen molar-refractivity contribution < 1.29 is 8.42 Å². The minimum Gasteiger partial charge on any atom is -0.381 e. The van der Waals surface area contributed by atoms with Gasteiger partial charge in [-0.25, -0.2) is 8.42 Å². The molecule has 0 atom stereocenters. The molecule has 0 aliphatic heterocycles. The SMILES string of the molecule is Cc1ccc(C)c(CNc2ccc(NS(C)(=O)=O)cc2)c1. The van der Waals surface area contributed by atoms with Crippen molar-refractivity contribution in [3.63, 3.8) is 0 Å². The van der Waals surface area contributed by atoms with Crippen LogP contribution in [0, 0.1) is 13.8 Å². The molecule has 112 valence electrons. The fraction of sp³-hybridized carbons (Fsp3) is 0.250. The largest absolute Gasteiger partial charge is 0.381 e. The summed E-state index contributed by atoms with van der Waals surface area (Å²) in [6, 6.07) is 13.6. The first-order valence-corrected chi connectivity index (χ1v) is 8.60. The Kier molecular flexibility index (Phi) is 4.53. The smallest absolute Gasteiger partial charge is 0.229 e. The van der Waals surface area contributed by atoms with Gasteiger partial charge in [-0.2, -0.15) is 0 Å². The van der Waals surface area contributed by atoms with Gasteiger partial charge in [0.25, 0.3) is 0 Å². The molecule has 0 spiro atoms. The fourth-order valence-corrected chi connectivity index (χ4v) is 2.62. The van der Waals surface area contributed by atoms with Crippen molar-refractivity contribution >= 4 is 21.4 Å². The van der Waals surface area contributed by atoms with E-state index in [0.717, 1.165) is 18.5 Å². The number of sulfonamides is 1.